The summed E-state index contributed by atoms with van der Waals surface area (Å²) in [5.74, 6) is 1.64. The van der Waals surface area contributed by atoms with Gasteiger partial charge in [0.05, 0.1) is 14.2 Å². The molecule has 25 heavy (non-hydrogen) atoms. The fourth-order valence-electron chi connectivity index (χ4n) is 3.75. The average Bonchev–Trinajstić information content (AvgIpc) is 2.63. The second-order valence-electron chi connectivity index (χ2n) is 6.58. The van der Waals surface area contributed by atoms with Crippen LogP contribution in [-0.2, 0) is 12.8 Å². The van der Waals surface area contributed by atoms with Gasteiger partial charge in [-0.05, 0) is 66.8 Å². The van der Waals surface area contributed by atoms with Gasteiger partial charge in [0.25, 0.3) is 0 Å². The van der Waals surface area contributed by atoms with Gasteiger partial charge in [-0.3, -0.25) is 4.90 Å². The molecule has 0 fully saturated rings. The summed E-state index contributed by atoms with van der Waals surface area (Å²) >= 11 is 0. The predicted molar refractivity (Wildman–Crippen MR) is 99.7 cm³/mol. The molecule has 1 atom stereocenters. The maximum absolute atomic E-state index is 10.1. The number of rotatable bonds is 6. The van der Waals surface area contributed by atoms with Gasteiger partial charge in [-0.2, -0.15) is 0 Å². The highest BCUT2D eigenvalue weighted by atomic mass is 16.5. The molecule has 1 heterocycles. The van der Waals surface area contributed by atoms with Crippen molar-refractivity contribution >= 4 is 0 Å². The molecule has 134 valence electrons. The molecular formula is C21H27NO3. The van der Waals surface area contributed by atoms with Crippen LogP contribution >= 0.6 is 0 Å². The summed E-state index contributed by atoms with van der Waals surface area (Å²) in [7, 11) is 3.29. The third kappa shape index (κ3) is 3.74. The molecule has 0 aromatic heterocycles. The first-order chi connectivity index (χ1) is 12.2. The van der Waals surface area contributed by atoms with E-state index < -0.39 is 0 Å². The van der Waals surface area contributed by atoms with Crippen LogP contribution in [0, 0.1) is 0 Å². The zero-order valence-corrected chi connectivity index (χ0v) is 15.3. The molecule has 3 rings (SSSR count). The molecule has 0 saturated heterocycles. The van der Waals surface area contributed by atoms with E-state index in [2.05, 4.69) is 24.0 Å². The van der Waals surface area contributed by atoms with Crippen molar-refractivity contribution in [2.75, 3.05) is 27.3 Å². The first kappa shape index (κ1) is 17.6. The highest BCUT2D eigenvalue weighted by Gasteiger charge is 2.27. The van der Waals surface area contributed by atoms with Crippen molar-refractivity contribution in [1.29, 1.82) is 0 Å². The van der Waals surface area contributed by atoms with Crippen LogP contribution in [0.5, 0.6) is 17.2 Å². The molecule has 1 aliphatic rings. The lowest BCUT2D eigenvalue weighted by molar-refractivity contribution is 0.183. The SMILES string of the molecule is CCCN1CCc2cc(OC)ccc2C1Cc1ccc(OC)c(O)c1. The van der Waals surface area contributed by atoms with Gasteiger partial charge in [-0.25, -0.2) is 0 Å². The van der Waals surface area contributed by atoms with Gasteiger partial charge in [0.15, 0.2) is 11.5 Å². The zero-order chi connectivity index (χ0) is 17.8. The summed E-state index contributed by atoms with van der Waals surface area (Å²) in [6.45, 7) is 4.36. The number of ether oxygens (including phenoxy) is 2. The van der Waals surface area contributed by atoms with E-state index in [1.807, 2.05) is 24.3 Å². The topological polar surface area (TPSA) is 41.9 Å². The first-order valence-corrected chi connectivity index (χ1v) is 8.93. The molecule has 0 spiro atoms. The number of fused-ring (bicyclic) bond motifs is 1. The van der Waals surface area contributed by atoms with E-state index in [9.17, 15) is 5.11 Å². The molecule has 1 aliphatic heterocycles. The Kier molecular flexibility index (Phi) is 5.49. The molecule has 2 aromatic carbocycles. The molecule has 0 radical (unpaired) electrons. The van der Waals surface area contributed by atoms with Crippen molar-refractivity contribution in [3.63, 3.8) is 0 Å². The zero-order valence-electron chi connectivity index (χ0n) is 15.3. The number of methoxy groups -OCH3 is 2. The van der Waals surface area contributed by atoms with E-state index in [0.717, 1.165) is 43.7 Å². The molecular weight excluding hydrogens is 314 g/mol. The van der Waals surface area contributed by atoms with Crippen LogP contribution in [-0.4, -0.2) is 37.3 Å². The largest absolute Gasteiger partial charge is 0.504 e. The summed E-state index contributed by atoms with van der Waals surface area (Å²) in [5, 5.41) is 10.1. The highest BCUT2D eigenvalue weighted by molar-refractivity contribution is 5.44. The second kappa shape index (κ2) is 7.79. The number of benzene rings is 2. The van der Waals surface area contributed by atoms with Gasteiger partial charge >= 0.3 is 0 Å². The lowest BCUT2D eigenvalue weighted by atomic mass is 9.88. The van der Waals surface area contributed by atoms with Crippen LogP contribution in [0.2, 0.25) is 0 Å². The van der Waals surface area contributed by atoms with Crippen LogP contribution in [0.3, 0.4) is 0 Å². The van der Waals surface area contributed by atoms with E-state index in [1.165, 1.54) is 11.1 Å². The van der Waals surface area contributed by atoms with Crippen LogP contribution in [0.15, 0.2) is 36.4 Å². The van der Waals surface area contributed by atoms with Crippen LogP contribution < -0.4 is 9.47 Å². The van der Waals surface area contributed by atoms with Crippen molar-refractivity contribution in [3.8, 4) is 17.2 Å². The summed E-state index contributed by atoms with van der Waals surface area (Å²) in [6.07, 6.45) is 3.06. The minimum absolute atomic E-state index is 0.202. The molecule has 1 N–H and O–H groups in total. The van der Waals surface area contributed by atoms with Crippen molar-refractivity contribution < 1.29 is 14.6 Å². The Morgan fingerprint density at radius 3 is 2.64 bits per heavy atom. The summed E-state index contributed by atoms with van der Waals surface area (Å²) in [5.41, 5.74) is 3.86. The Bertz CT molecular complexity index is 729. The molecule has 2 aromatic rings. The van der Waals surface area contributed by atoms with Gasteiger partial charge in [0, 0.05) is 12.6 Å². The highest BCUT2D eigenvalue weighted by Crippen LogP contribution is 2.36. The van der Waals surface area contributed by atoms with Crippen molar-refractivity contribution in [2.45, 2.75) is 32.2 Å². The maximum Gasteiger partial charge on any atom is 0.160 e. The van der Waals surface area contributed by atoms with Crippen molar-refractivity contribution in [2.24, 2.45) is 0 Å². The number of phenols is 1. The summed E-state index contributed by atoms with van der Waals surface area (Å²) < 4.78 is 10.5. The number of hydrogen-bond acceptors (Lipinski definition) is 4. The van der Waals surface area contributed by atoms with E-state index in [-0.39, 0.29) is 5.75 Å². The normalized spacial score (nSPS) is 17.2. The second-order valence-corrected chi connectivity index (χ2v) is 6.58. The third-order valence-electron chi connectivity index (χ3n) is 5.00. The summed E-state index contributed by atoms with van der Waals surface area (Å²) in [4.78, 5) is 2.55. The van der Waals surface area contributed by atoms with Gasteiger partial charge in [0.1, 0.15) is 5.75 Å². The Morgan fingerprint density at radius 2 is 1.96 bits per heavy atom. The fraction of sp³-hybridized carbons (Fsp3) is 0.429. The molecule has 0 saturated carbocycles. The Hall–Kier alpha value is -2.20. The number of aromatic hydroxyl groups is 1. The van der Waals surface area contributed by atoms with Gasteiger partial charge in [-0.15, -0.1) is 0 Å². The Labute approximate surface area is 150 Å². The fourth-order valence-corrected chi connectivity index (χ4v) is 3.75. The molecule has 0 amide bonds. The monoisotopic (exact) mass is 341 g/mol. The standard InChI is InChI=1S/C21H27NO3/c1-4-10-22-11-9-16-14-17(24-2)6-7-18(16)19(22)12-15-5-8-21(25-3)20(23)13-15/h5-8,13-14,19,23H,4,9-12H2,1-3H3. The van der Waals surface area contributed by atoms with E-state index >= 15 is 0 Å². The van der Waals surface area contributed by atoms with E-state index in [4.69, 9.17) is 9.47 Å². The first-order valence-electron chi connectivity index (χ1n) is 8.93. The quantitative estimate of drug-likeness (QED) is 0.863. The Balaban J connectivity index is 1.92. The molecule has 0 aliphatic carbocycles. The third-order valence-corrected chi connectivity index (χ3v) is 5.00. The molecule has 1 unspecified atom stereocenters. The van der Waals surface area contributed by atoms with Crippen molar-refractivity contribution in [3.05, 3.63) is 53.1 Å². The molecule has 4 heteroatoms. The van der Waals surface area contributed by atoms with Gasteiger partial charge in [0.2, 0.25) is 0 Å². The minimum atomic E-state index is 0.202. The molecule has 4 nitrogen and oxygen atoms in total. The lowest BCUT2D eigenvalue weighted by Gasteiger charge is -2.37. The van der Waals surface area contributed by atoms with E-state index in [0.29, 0.717) is 11.8 Å². The van der Waals surface area contributed by atoms with E-state index in [1.54, 1.807) is 14.2 Å². The van der Waals surface area contributed by atoms with Crippen LogP contribution in [0.4, 0.5) is 0 Å². The summed E-state index contributed by atoms with van der Waals surface area (Å²) in [6, 6.07) is 12.4. The average molecular weight is 341 g/mol. The number of hydrogen-bond donors (Lipinski definition) is 1. The minimum Gasteiger partial charge on any atom is -0.504 e. The number of phenolic OH excluding ortho intramolecular Hbond substituents is 1. The smallest absolute Gasteiger partial charge is 0.160 e. The Morgan fingerprint density at radius 1 is 1.12 bits per heavy atom. The maximum atomic E-state index is 10.1. The lowest BCUT2D eigenvalue weighted by Crippen LogP contribution is -2.37. The van der Waals surface area contributed by atoms with Crippen LogP contribution in [0.25, 0.3) is 0 Å². The van der Waals surface area contributed by atoms with Gasteiger partial charge in [-0.1, -0.05) is 19.1 Å². The number of nitrogens with zero attached hydrogens (tertiary/aromatic N) is 1. The molecule has 0 bridgehead atoms. The van der Waals surface area contributed by atoms with Crippen molar-refractivity contribution in [1.82, 2.24) is 4.90 Å². The van der Waals surface area contributed by atoms with Gasteiger partial charge < -0.3 is 14.6 Å². The predicted octanol–water partition coefficient (Wildman–Crippen LogP) is 3.96. The van der Waals surface area contributed by atoms with Crippen LogP contribution in [0.1, 0.15) is 36.1 Å².